The van der Waals surface area contributed by atoms with E-state index < -0.39 is 0 Å². The molecule has 1 atom stereocenters. The molecule has 1 aromatic carbocycles. The first-order valence-corrected chi connectivity index (χ1v) is 9.53. The molecule has 0 radical (unpaired) electrons. The first-order valence-electron chi connectivity index (χ1n) is 9.15. The number of amides is 1. The summed E-state index contributed by atoms with van der Waals surface area (Å²) < 4.78 is 10.3. The average molecular weight is 384 g/mol. The van der Waals surface area contributed by atoms with Gasteiger partial charge in [-0.2, -0.15) is 0 Å². The molecule has 0 heterocycles. The lowest BCUT2D eigenvalue weighted by Gasteiger charge is -2.25. The molecule has 1 rings (SSSR count). The Labute approximate surface area is 161 Å². The summed E-state index contributed by atoms with van der Waals surface area (Å²) in [5.41, 5.74) is 0.898. The first-order chi connectivity index (χ1) is 12.5. The highest BCUT2D eigenvalue weighted by Crippen LogP contribution is 2.12. The third kappa shape index (κ3) is 8.68. The van der Waals surface area contributed by atoms with Crippen LogP contribution in [0.1, 0.15) is 38.7 Å². The van der Waals surface area contributed by atoms with Gasteiger partial charge in [-0.05, 0) is 30.5 Å². The monoisotopic (exact) mass is 383 g/mol. The van der Waals surface area contributed by atoms with Crippen molar-refractivity contribution < 1.29 is 19.1 Å². The van der Waals surface area contributed by atoms with Gasteiger partial charge in [-0.1, -0.05) is 44.0 Å². The summed E-state index contributed by atoms with van der Waals surface area (Å²) in [5, 5.41) is 0.640. The van der Waals surface area contributed by atoms with Crippen LogP contribution >= 0.6 is 11.6 Å². The number of carbonyl (C=O) groups is 2. The Bertz CT molecular complexity index is 547. The van der Waals surface area contributed by atoms with E-state index in [0.29, 0.717) is 24.7 Å². The van der Waals surface area contributed by atoms with Crippen LogP contribution in [0.15, 0.2) is 24.3 Å². The molecular weight excluding hydrogens is 354 g/mol. The van der Waals surface area contributed by atoms with E-state index in [1.165, 1.54) is 7.11 Å². The van der Waals surface area contributed by atoms with Crippen molar-refractivity contribution in [3.05, 3.63) is 34.9 Å². The summed E-state index contributed by atoms with van der Waals surface area (Å²) in [5.74, 6) is -0.694. The van der Waals surface area contributed by atoms with Crippen LogP contribution in [0.3, 0.4) is 0 Å². The van der Waals surface area contributed by atoms with Gasteiger partial charge in [0.1, 0.15) is 0 Å². The Kier molecular flexibility index (Phi) is 11.0. The molecule has 26 heavy (non-hydrogen) atoms. The van der Waals surface area contributed by atoms with Crippen LogP contribution in [0.5, 0.6) is 0 Å². The fraction of sp³-hybridized carbons (Fsp3) is 0.600. The van der Waals surface area contributed by atoms with Crippen molar-refractivity contribution in [1.29, 1.82) is 0 Å². The van der Waals surface area contributed by atoms with E-state index in [-0.39, 0.29) is 24.2 Å². The summed E-state index contributed by atoms with van der Waals surface area (Å²) in [6.07, 6.45) is 3.16. The van der Waals surface area contributed by atoms with Crippen LogP contribution in [0.4, 0.5) is 0 Å². The minimum Gasteiger partial charge on any atom is -0.469 e. The number of rotatable bonds is 12. The molecule has 0 N–H and O–H groups in total. The largest absolute Gasteiger partial charge is 0.469 e. The fourth-order valence-corrected chi connectivity index (χ4v) is 2.64. The van der Waals surface area contributed by atoms with Gasteiger partial charge in [-0.25, -0.2) is 0 Å². The molecule has 5 nitrogen and oxygen atoms in total. The molecule has 0 aromatic heterocycles. The molecule has 6 heteroatoms. The quantitative estimate of drug-likeness (QED) is 0.407. The number of methoxy groups -OCH3 is 1. The molecule has 0 aliphatic carbocycles. The SMILES string of the molecule is CCCCOCCCN(CC(C)C(=O)OC)C(=O)Cc1ccc(Cl)cc1. The Morgan fingerprint density at radius 3 is 2.42 bits per heavy atom. The van der Waals surface area contributed by atoms with Crippen LogP contribution in [0.25, 0.3) is 0 Å². The molecule has 146 valence electrons. The predicted molar refractivity (Wildman–Crippen MR) is 103 cm³/mol. The molecular formula is C20H30ClNO4. The Hall–Kier alpha value is -1.59. The molecule has 0 aliphatic heterocycles. The fourth-order valence-electron chi connectivity index (χ4n) is 2.52. The number of hydrogen-bond donors (Lipinski definition) is 0. The molecule has 1 amide bonds. The molecule has 0 saturated heterocycles. The van der Waals surface area contributed by atoms with Gasteiger partial charge in [0.25, 0.3) is 0 Å². The molecule has 0 fully saturated rings. The van der Waals surface area contributed by atoms with E-state index in [1.807, 2.05) is 12.1 Å². The van der Waals surface area contributed by atoms with E-state index in [4.69, 9.17) is 21.1 Å². The first kappa shape index (κ1) is 22.5. The number of esters is 1. The maximum absolute atomic E-state index is 12.7. The van der Waals surface area contributed by atoms with Gasteiger partial charge in [0.05, 0.1) is 19.4 Å². The van der Waals surface area contributed by atoms with Gasteiger partial charge >= 0.3 is 5.97 Å². The highest BCUT2D eigenvalue weighted by molar-refractivity contribution is 6.30. The normalized spacial score (nSPS) is 11.8. The Morgan fingerprint density at radius 2 is 1.81 bits per heavy atom. The van der Waals surface area contributed by atoms with E-state index in [9.17, 15) is 9.59 Å². The van der Waals surface area contributed by atoms with Gasteiger partial charge in [-0.3, -0.25) is 9.59 Å². The van der Waals surface area contributed by atoms with Crippen LogP contribution in [0, 0.1) is 5.92 Å². The van der Waals surface area contributed by atoms with E-state index in [0.717, 1.165) is 31.4 Å². The van der Waals surface area contributed by atoms with Crippen LogP contribution < -0.4 is 0 Å². The molecule has 0 saturated carbocycles. The molecule has 0 aliphatic rings. The van der Waals surface area contributed by atoms with E-state index >= 15 is 0 Å². The van der Waals surface area contributed by atoms with Crippen LogP contribution in [0.2, 0.25) is 5.02 Å². The zero-order valence-electron chi connectivity index (χ0n) is 16.0. The van der Waals surface area contributed by atoms with Crippen molar-refractivity contribution >= 4 is 23.5 Å². The summed E-state index contributed by atoms with van der Waals surface area (Å²) in [6, 6.07) is 7.23. The van der Waals surface area contributed by atoms with Crippen molar-refractivity contribution in [1.82, 2.24) is 4.90 Å². The third-order valence-electron chi connectivity index (χ3n) is 4.08. The summed E-state index contributed by atoms with van der Waals surface area (Å²) in [4.78, 5) is 26.1. The summed E-state index contributed by atoms with van der Waals surface area (Å²) in [7, 11) is 1.36. The molecule has 1 unspecified atom stereocenters. The van der Waals surface area contributed by atoms with E-state index in [1.54, 1.807) is 24.0 Å². The van der Waals surface area contributed by atoms with Crippen LogP contribution in [-0.4, -0.2) is 50.2 Å². The van der Waals surface area contributed by atoms with Crippen molar-refractivity contribution in [3.63, 3.8) is 0 Å². The van der Waals surface area contributed by atoms with Crippen molar-refractivity contribution in [3.8, 4) is 0 Å². The van der Waals surface area contributed by atoms with Gasteiger partial charge in [0, 0.05) is 31.3 Å². The van der Waals surface area contributed by atoms with Crippen molar-refractivity contribution in [2.75, 3.05) is 33.4 Å². The molecule has 1 aromatic rings. The number of carbonyl (C=O) groups excluding carboxylic acids is 2. The van der Waals surface area contributed by atoms with Crippen molar-refractivity contribution in [2.45, 2.75) is 39.5 Å². The minimum absolute atomic E-state index is 0.0170. The maximum Gasteiger partial charge on any atom is 0.310 e. The van der Waals surface area contributed by atoms with E-state index in [2.05, 4.69) is 6.92 Å². The number of nitrogens with zero attached hydrogens (tertiary/aromatic N) is 1. The lowest BCUT2D eigenvalue weighted by molar-refractivity contribution is -0.146. The summed E-state index contributed by atoms with van der Waals surface area (Å²) in [6.45, 7) is 6.14. The Morgan fingerprint density at radius 1 is 1.15 bits per heavy atom. The van der Waals surface area contributed by atoms with Crippen molar-refractivity contribution in [2.24, 2.45) is 5.92 Å². The second-order valence-corrected chi connectivity index (χ2v) is 6.82. The predicted octanol–water partition coefficient (Wildman–Crippen LogP) is 3.73. The van der Waals surface area contributed by atoms with Crippen LogP contribution in [-0.2, 0) is 25.5 Å². The number of ether oxygens (including phenoxy) is 2. The van der Waals surface area contributed by atoms with Gasteiger partial charge < -0.3 is 14.4 Å². The van der Waals surface area contributed by atoms with Gasteiger partial charge in [0.2, 0.25) is 5.91 Å². The van der Waals surface area contributed by atoms with Gasteiger partial charge in [0.15, 0.2) is 0 Å². The third-order valence-corrected chi connectivity index (χ3v) is 4.33. The number of unbranched alkanes of at least 4 members (excludes halogenated alkanes) is 1. The second kappa shape index (κ2) is 12.7. The highest BCUT2D eigenvalue weighted by atomic mass is 35.5. The zero-order valence-corrected chi connectivity index (χ0v) is 16.8. The number of hydrogen-bond acceptors (Lipinski definition) is 4. The average Bonchev–Trinajstić information content (AvgIpc) is 2.64. The lowest BCUT2D eigenvalue weighted by atomic mass is 10.1. The Balaban J connectivity index is 2.61. The summed E-state index contributed by atoms with van der Waals surface area (Å²) >= 11 is 5.89. The highest BCUT2D eigenvalue weighted by Gasteiger charge is 2.21. The number of halogens is 1. The number of benzene rings is 1. The zero-order chi connectivity index (χ0) is 19.4. The lowest BCUT2D eigenvalue weighted by Crippen LogP contribution is -2.39. The molecule has 0 spiro atoms. The van der Waals surface area contributed by atoms with Gasteiger partial charge in [-0.15, -0.1) is 0 Å². The smallest absolute Gasteiger partial charge is 0.310 e. The second-order valence-electron chi connectivity index (χ2n) is 6.39. The maximum atomic E-state index is 12.7. The standard InChI is InChI=1S/C20H30ClNO4/c1-4-5-12-26-13-6-11-22(15-16(2)20(24)25-3)19(23)14-17-7-9-18(21)10-8-17/h7-10,16H,4-6,11-15H2,1-3H3. The topological polar surface area (TPSA) is 55.8 Å². The molecule has 0 bridgehead atoms. The minimum atomic E-state index is -0.366.